The maximum absolute atomic E-state index is 11.4. The first-order valence-corrected chi connectivity index (χ1v) is 13.3. The summed E-state index contributed by atoms with van der Waals surface area (Å²) in [6.45, 7) is 2.90. The molecule has 0 spiro atoms. The minimum absolute atomic E-state index is 0.0173. The maximum Gasteiger partial charge on any atom is 0.472 e. The Morgan fingerprint density at radius 1 is 0.800 bits per heavy atom. The van der Waals surface area contributed by atoms with E-state index in [2.05, 4.69) is 11.4 Å². The summed E-state index contributed by atoms with van der Waals surface area (Å²) in [5, 5.41) is 0. The van der Waals surface area contributed by atoms with Crippen LogP contribution in [0.2, 0.25) is 0 Å². The second-order valence-corrected chi connectivity index (χ2v) is 9.54. The Morgan fingerprint density at radius 3 is 1.83 bits per heavy atom. The van der Waals surface area contributed by atoms with Crippen molar-refractivity contribution in [1.82, 2.24) is 0 Å². The van der Waals surface area contributed by atoms with Gasteiger partial charge in [-0.3, -0.25) is 9.05 Å². The van der Waals surface area contributed by atoms with E-state index >= 15 is 0 Å². The molecule has 0 bridgehead atoms. The first-order chi connectivity index (χ1) is 14.6. The molecule has 174 valence electrons. The molecule has 1 aromatic carbocycles. The van der Waals surface area contributed by atoms with Gasteiger partial charge in [-0.15, -0.1) is 0 Å². The van der Waals surface area contributed by atoms with Crippen LogP contribution >= 0.6 is 7.82 Å². The Labute approximate surface area is 184 Å². The zero-order valence-electron chi connectivity index (χ0n) is 19.2. The van der Waals surface area contributed by atoms with Crippen molar-refractivity contribution in [3.63, 3.8) is 0 Å². The number of phosphoric ester groups is 1. The highest BCUT2D eigenvalue weighted by molar-refractivity contribution is 7.47. The Bertz CT molecular complexity index is 578. The zero-order valence-corrected chi connectivity index (χ0v) is 20.0. The number of unbranched alkanes of at least 4 members (excludes halogenated alkanes) is 13. The van der Waals surface area contributed by atoms with Crippen molar-refractivity contribution in [1.29, 1.82) is 0 Å². The Morgan fingerprint density at radius 2 is 1.30 bits per heavy atom. The molecule has 1 unspecified atom stereocenters. The van der Waals surface area contributed by atoms with E-state index in [9.17, 15) is 9.46 Å². The van der Waals surface area contributed by atoms with Gasteiger partial charge in [0.15, 0.2) is 0 Å². The van der Waals surface area contributed by atoms with Gasteiger partial charge in [0, 0.05) is 12.7 Å². The second-order valence-electron chi connectivity index (χ2n) is 7.98. The summed E-state index contributed by atoms with van der Waals surface area (Å²) in [5.41, 5.74) is 0.745. The van der Waals surface area contributed by atoms with Gasteiger partial charge in [0.25, 0.3) is 0 Å². The number of para-hydroxylation sites is 1. The minimum atomic E-state index is -3.98. The third kappa shape index (κ3) is 14.2. The number of rotatable bonds is 20. The summed E-state index contributed by atoms with van der Waals surface area (Å²) in [6.07, 6.45) is 18.7. The number of ether oxygens (including phenoxy) is 1. The minimum Gasteiger partial charge on any atom is -0.493 e. The Kier molecular flexibility index (Phi) is 16.1. The molecular weight excluding hydrogens is 399 g/mol. The van der Waals surface area contributed by atoms with E-state index in [-0.39, 0.29) is 6.61 Å². The van der Waals surface area contributed by atoms with Crippen LogP contribution in [0.1, 0.15) is 102 Å². The van der Waals surface area contributed by atoms with Crippen molar-refractivity contribution >= 4 is 7.82 Å². The topological polar surface area (TPSA) is 65.0 Å². The molecule has 0 aliphatic rings. The third-order valence-electron chi connectivity index (χ3n) is 5.34. The summed E-state index contributed by atoms with van der Waals surface area (Å²) in [7, 11) is -2.83. The molecule has 6 heteroatoms. The number of hydrogen-bond acceptors (Lipinski definition) is 4. The molecule has 1 rings (SSSR count). The van der Waals surface area contributed by atoms with E-state index in [0.717, 1.165) is 19.1 Å². The van der Waals surface area contributed by atoms with Crippen LogP contribution in [0.3, 0.4) is 0 Å². The normalized spacial score (nSPS) is 13.3. The summed E-state index contributed by atoms with van der Waals surface area (Å²) < 4.78 is 26.7. The molecule has 30 heavy (non-hydrogen) atoms. The lowest BCUT2D eigenvalue weighted by atomic mass is 10.0. The van der Waals surface area contributed by atoms with Crippen LogP contribution in [0.25, 0.3) is 0 Å². The molecule has 5 nitrogen and oxygen atoms in total. The zero-order chi connectivity index (χ0) is 21.9. The van der Waals surface area contributed by atoms with Gasteiger partial charge >= 0.3 is 7.82 Å². The van der Waals surface area contributed by atoms with Gasteiger partial charge in [-0.05, 0) is 12.5 Å². The van der Waals surface area contributed by atoms with Gasteiger partial charge < -0.3 is 9.63 Å². The summed E-state index contributed by atoms with van der Waals surface area (Å²) in [5.74, 6) is 0.697. The fourth-order valence-corrected chi connectivity index (χ4v) is 3.85. The lowest BCUT2D eigenvalue weighted by molar-refractivity contribution is 0.164. The molecule has 0 heterocycles. The van der Waals surface area contributed by atoms with E-state index in [1.165, 1.54) is 83.5 Å². The average molecular weight is 443 g/mol. The quantitative estimate of drug-likeness (QED) is 0.165. The summed E-state index contributed by atoms with van der Waals surface area (Å²) in [6, 6.07) is 7.43. The summed E-state index contributed by atoms with van der Waals surface area (Å²) >= 11 is 0. The van der Waals surface area contributed by atoms with Crippen molar-refractivity contribution in [2.24, 2.45) is 0 Å². The van der Waals surface area contributed by atoms with Crippen LogP contribution in [0.4, 0.5) is 0 Å². The predicted molar refractivity (Wildman–Crippen MR) is 124 cm³/mol. The number of hydrogen-bond donors (Lipinski definition) is 1. The standard InChI is InChI=1S/C24H43O5P/c1-3-4-5-6-7-8-9-10-11-12-13-14-15-18-21-28-24-20-17-16-19-23(24)22-29-30(25,26)27-2/h16-17,19-20H,3-15,18,21-22H2,1-2H3,(H,25,26). The van der Waals surface area contributed by atoms with Gasteiger partial charge in [-0.25, -0.2) is 4.57 Å². The molecule has 0 saturated carbocycles. The second kappa shape index (κ2) is 17.8. The Balaban J connectivity index is 2.00. The SMILES string of the molecule is CCCCCCCCCCCCCCCCOc1ccccc1COP(=O)(O)OC. The lowest BCUT2D eigenvalue weighted by Crippen LogP contribution is -2.01. The molecular formula is C24H43O5P. The highest BCUT2D eigenvalue weighted by atomic mass is 31.2. The molecule has 0 fully saturated rings. The predicted octanol–water partition coefficient (Wildman–Crippen LogP) is 7.81. The van der Waals surface area contributed by atoms with Crippen molar-refractivity contribution in [3.8, 4) is 5.75 Å². The van der Waals surface area contributed by atoms with E-state index < -0.39 is 7.82 Å². The van der Waals surface area contributed by atoms with E-state index in [0.29, 0.717) is 12.4 Å². The van der Waals surface area contributed by atoms with Crippen molar-refractivity contribution in [2.45, 2.75) is 103 Å². The van der Waals surface area contributed by atoms with Crippen LogP contribution < -0.4 is 4.74 Å². The fraction of sp³-hybridized carbons (Fsp3) is 0.750. The van der Waals surface area contributed by atoms with Gasteiger partial charge in [-0.2, -0.15) is 0 Å². The van der Waals surface area contributed by atoms with Gasteiger partial charge in [-0.1, -0.05) is 109 Å². The van der Waals surface area contributed by atoms with Gasteiger partial charge in [0.1, 0.15) is 5.75 Å². The highest BCUT2D eigenvalue weighted by Gasteiger charge is 2.19. The Hall–Kier alpha value is -0.870. The number of phosphoric acid groups is 1. The average Bonchev–Trinajstić information content (AvgIpc) is 2.75. The van der Waals surface area contributed by atoms with Crippen LogP contribution in [0, 0.1) is 0 Å². The lowest BCUT2D eigenvalue weighted by Gasteiger charge is -2.13. The highest BCUT2D eigenvalue weighted by Crippen LogP contribution is 2.43. The monoisotopic (exact) mass is 442 g/mol. The summed E-state index contributed by atoms with van der Waals surface area (Å²) in [4.78, 5) is 9.36. The maximum atomic E-state index is 11.4. The largest absolute Gasteiger partial charge is 0.493 e. The van der Waals surface area contributed by atoms with Crippen LogP contribution in [-0.2, 0) is 20.2 Å². The first-order valence-electron chi connectivity index (χ1n) is 11.8. The third-order valence-corrected chi connectivity index (χ3v) is 6.26. The van der Waals surface area contributed by atoms with E-state index in [4.69, 9.17) is 9.26 Å². The van der Waals surface area contributed by atoms with E-state index in [1.54, 1.807) is 0 Å². The molecule has 0 aromatic heterocycles. The van der Waals surface area contributed by atoms with E-state index in [1.807, 2.05) is 24.3 Å². The molecule has 1 atom stereocenters. The molecule has 0 aliphatic carbocycles. The molecule has 0 aliphatic heterocycles. The molecule has 0 amide bonds. The van der Waals surface area contributed by atoms with Gasteiger partial charge in [0.2, 0.25) is 0 Å². The smallest absolute Gasteiger partial charge is 0.472 e. The van der Waals surface area contributed by atoms with Crippen LogP contribution in [0.15, 0.2) is 24.3 Å². The van der Waals surface area contributed by atoms with Crippen LogP contribution in [0.5, 0.6) is 5.75 Å². The van der Waals surface area contributed by atoms with Crippen LogP contribution in [-0.4, -0.2) is 18.6 Å². The van der Waals surface area contributed by atoms with Crippen molar-refractivity contribution in [2.75, 3.05) is 13.7 Å². The first kappa shape index (κ1) is 27.2. The van der Waals surface area contributed by atoms with Crippen molar-refractivity contribution < 1.29 is 23.2 Å². The van der Waals surface area contributed by atoms with Gasteiger partial charge in [0.05, 0.1) is 13.2 Å². The van der Waals surface area contributed by atoms with Crippen molar-refractivity contribution in [3.05, 3.63) is 29.8 Å². The molecule has 1 N–H and O–H groups in total. The number of benzene rings is 1. The molecule has 0 saturated heterocycles. The molecule has 1 aromatic rings. The molecule has 0 radical (unpaired) electrons. The fourth-order valence-electron chi connectivity index (χ4n) is 3.45.